The summed E-state index contributed by atoms with van der Waals surface area (Å²) in [5.74, 6) is 0.985. The number of piperidine rings is 1. The molecule has 42 heavy (non-hydrogen) atoms. The van der Waals surface area contributed by atoms with Crippen LogP contribution in [-0.4, -0.2) is 76.3 Å². The molecule has 3 aliphatic rings. The molecule has 9 nitrogen and oxygen atoms in total. The second-order valence-electron chi connectivity index (χ2n) is 13.6. The molecule has 1 aliphatic carbocycles. The van der Waals surface area contributed by atoms with E-state index in [1.165, 1.54) is 0 Å². The van der Waals surface area contributed by atoms with Gasteiger partial charge in [-0.1, -0.05) is 27.7 Å². The molecule has 0 bridgehead atoms. The summed E-state index contributed by atoms with van der Waals surface area (Å²) in [4.78, 5) is 42.3. The number of hydrogen-bond acceptors (Lipinski definition) is 7. The van der Waals surface area contributed by atoms with Gasteiger partial charge in [-0.2, -0.15) is 0 Å². The van der Waals surface area contributed by atoms with Gasteiger partial charge in [0.1, 0.15) is 11.5 Å². The average molecular weight is 588 g/mol. The van der Waals surface area contributed by atoms with Gasteiger partial charge in [-0.05, 0) is 76.0 Å². The highest BCUT2D eigenvalue weighted by molar-refractivity contribution is 6.04. The standard InChI is InChI=1S/C25H35N3O5.C8H18O/c1-16(29)17-12-18(15-26-14-17)23(30)28(19-6-7-19)20-8-9-22-21(13-20)27(10-5-11-32-4)24(31)25(2,3)33-22;1-7(6-9-5)8(2,3)4/h8-9,13,17-19,26H,5-7,10-12,14-15H2,1-4H3;7H,6H2,1-5H3. The molecule has 4 rings (SSSR count). The van der Waals surface area contributed by atoms with E-state index in [1.54, 1.807) is 39.9 Å². The van der Waals surface area contributed by atoms with E-state index in [0.717, 1.165) is 25.1 Å². The van der Waals surface area contributed by atoms with Crippen molar-refractivity contribution in [2.24, 2.45) is 23.2 Å². The second-order valence-corrected chi connectivity index (χ2v) is 13.6. The molecule has 1 saturated heterocycles. The van der Waals surface area contributed by atoms with Crippen LogP contribution in [0.2, 0.25) is 0 Å². The van der Waals surface area contributed by atoms with Gasteiger partial charge in [0.25, 0.3) is 5.91 Å². The van der Waals surface area contributed by atoms with Crippen molar-refractivity contribution in [1.82, 2.24) is 5.32 Å². The third kappa shape index (κ3) is 8.54. The van der Waals surface area contributed by atoms with E-state index in [2.05, 4.69) is 33.0 Å². The fraction of sp³-hybridized carbons (Fsp3) is 0.727. The Morgan fingerprint density at radius 2 is 1.81 bits per heavy atom. The normalized spacial score (nSPS) is 22.3. The highest BCUT2D eigenvalue weighted by Gasteiger charge is 2.43. The van der Waals surface area contributed by atoms with Crippen LogP contribution in [0, 0.1) is 23.2 Å². The molecule has 9 heteroatoms. The Balaban J connectivity index is 0.000000467. The van der Waals surface area contributed by atoms with Crippen molar-refractivity contribution < 1.29 is 28.6 Å². The first-order valence-corrected chi connectivity index (χ1v) is 15.4. The number of rotatable bonds is 10. The van der Waals surface area contributed by atoms with Crippen molar-refractivity contribution in [3.8, 4) is 5.75 Å². The quantitative estimate of drug-likeness (QED) is 0.391. The lowest BCUT2D eigenvalue weighted by molar-refractivity contribution is -0.132. The lowest BCUT2D eigenvalue weighted by atomic mass is 9.83. The molecule has 236 valence electrons. The Hall–Kier alpha value is -2.49. The maximum atomic E-state index is 13.6. The van der Waals surface area contributed by atoms with Crippen LogP contribution in [0.25, 0.3) is 0 Å². The van der Waals surface area contributed by atoms with Crippen molar-refractivity contribution in [3.05, 3.63) is 18.2 Å². The van der Waals surface area contributed by atoms with Gasteiger partial charge < -0.3 is 29.3 Å². The Bertz CT molecular complexity index is 1090. The maximum Gasteiger partial charge on any atom is 0.270 e. The summed E-state index contributed by atoms with van der Waals surface area (Å²) < 4.78 is 16.2. The number of carbonyl (C=O) groups is 3. The van der Waals surface area contributed by atoms with Crippen LogP contribution >= 0.6 is 0 Å². The summed E-state index contributed by atoms with van der Waals surface area (Å²) in [7, 11) is 3.40. The lowest BCUT2D eigenvalue weighted by Crippen LogP contribution is -2.53. The summed E-state index contributed by atoms with van der Waals surface area (Å²) in [6.45, 7) is 17.2. The van der Waals surface area contributed by atoms with E-state index in [4.69, 9.17) is 14.2 Å². The van der Waals surface area contributed by atoms with Crippen molar-refractivity contribution in [1.29, 1.82) is 0 Å². The maximum absolute atomic E-state index is 13.6. The zero-order valence-electron chi connectivity index (χ0n) is 27.2. The highest BCUT2D eigenvalue weighted by Crippen LogP contribution is 2.43. The fourth-order valence-electron chi connectivity index (χ4n) is 5.28. The SMILES string of the molecule is COCC(C)C(C)(C)C.COCCCN1C(=O)C(C)(C)Oc2ccc(N(C(=O)C3CNCC(C(C)=O)C3)C3CC3)cc21. The molecule has 0 spiro atoms. The van der Waals surface area contributed by atoms with Crippen molar-refractivity contribution >= 4 is 29.0 Å². The molecule has 1 aromatic rings. The number of nitrogens with one attached hydrogen (secondary N) is 1. The smallest absolute Gasteiger partial charge is 0.270 e. The third-order valence-electron chi connectivity index (χ3n) is 8.69. The summed E-state index contributed by atoms with van der Waals surface area (Å²) in [6, 6.07) is 5.84. The second kappa shape index (κ2) is 14.3. The molecule has 1 aromatic carbocycles. The van der Waals surface area contributed by atoms with E-state index < -0.39 is 5.60 Å². The van der Waals surface area contributed by atoms with Gasteiger partial charge >= 0.3 is 0 Å². The first-order chi connectivity index (χ1) is 19.7. The molecular formula is C33H53N3O6. The fourth-order valence-corrected chi connectivity index (χ4v) is 5.28. The highest BCUT2D eigenvalue weighted by atomic mass is 16.5. The van der Waals surface area contributed by atoms with Crippen LogP contribution in [-0.2, 0) is 23.9 Å². The Morgan fingerprint density at radius 1 is 1.14 bits per heavy atom. The zero-order chi connectivity index (χ0) is 31.2. The van der Waals surface area contributed by atoms with Gasteiger partial charge in [-0.15, -0.1) is 0 Å². The summed E-state index contributed by atoms with van der Waals surface area (Å²) in [5.41, 5.74) is 0.896. The van der Waals surface area contributed by atoms with Crippen LogP contribution in [0.4, 0.5) is 11.4 Å². The summed E-state index contributed by atoms with van der Waals surface area (Å²) >= 11 is 0. The molecule has 2 amide bonds. The van der Waals surface area contributed by atoms with E-state index in [9.17, 15) is 14.4 Å². The van der Waals surface area contributed by atoms with Gasteiger partial charge in [0.15, 0.2) is 5.60 Å². The van der Waals surface area contributed by atoms with Crippen LogP contribution in [0.3, 0.4) is 0 Å². The number of methoxy groups -OCH3 is 2. The Labute approximate surface area is 252 Å². The van der Waals surface area contributed by atoms with Gasteiger partial charge in [0.05, 0.1) is 11.6 Å². The van der Waals surface area contributed by atoms with E-state index in [0.29, 0.717) is 61.9 Å². The molecular weight excluding hydrogens is 534 g/mol. The van der Waals surface area contributed by atoms with Crippen molar-refractivity contribution in [2.45, 2.75) is 85.8 Å². The number of ketones is 1. The molecule has 3 atom stereocenters. The zero-order valence-corrected chi connectivity index (χ0v) is 27.2. The number of benzene rings is 1. The molecule has 0 radical (unpaired) electrons. The largest absolute Gasteiger partial charge is 0.476 e. The third-order valence-corrected chi connectivity index (χ3v) is 8.69. The average Bonchev–Trinajstić information content (AvgIpc) is 3.76. The van der Waals surface area contributed by atoms with Gasteiger partial charge in [0, 0.05) is 64.7 Å². The molecule has 1 N–H and O–H groups in total. The van der Waals surface area contributed by atoms with Crippen LogP contribution < -0.4 is 19.9 Å². The molecule has 3 unspecified atom stereocenters. The number of nitrogens with zero attached hydrogens (tertiary/aromatic N) is 2. The van der Waals surface area contributed by atoms with E-state index in [-0.39, 0.29) is 35.5 Å². The number of amides is 2. The number of carbonyl (C=O) groups excluding carboxylic acids is 3. The number of fused-ring (bicyclic) bond motifs is 1. The predicted molar refractivity (Wildman–Crippen MR) is 166 cm³/mol. The minimum atomic E-state index is -0.955. The van der Waals surface area contributed by atoms with Crippen molar-refractivity contribution in [3.63, 3.8) is 0 Å². The Kier molecular flexibility index (Phi) is 11.6. The van der Waals surface area contributed by atoms with Crippen LogP contribution in [0.1, 0.15) is 74.1 Å². The number of Topliss-reactive ketones (excluding diaryl/α,β-unsaturated/α-hetero) is 1. The van der Waals surface area contributed by atoms with Gasteiger partial charge in [-0.3, -0.25) is 14.4 Å². The van der Waals surface area contributed by atoms with Crippen LogP contribution in [0.15, 0.2) is 18.2 Å². The summed E-state index contributed by atoms with van der Waals surface area (Å²) in [5, 5.41) is 3.26. The lowest BCUT2D eigenvalue weighted by Gasteiger charge is -2.39. The first kappa shape index (κ1) is 34.0. The molecule has 2 fully saturated rings. The minimum Gasteiger partial charge on any atom is -0.476 e. The molecule has 2 heterocycles. The minimum absolute atomic E-state index is 0.0465. The topological polar surface area (TPSA) is 97.4 Å². The predicted octanol–water partition coefficient (Wildman–Crippen LogP) is 4.85. The molecule has 2 aliphatic heterocycles. The number of anilines is 2. The van der Waals surface area contributed by atoms with Gasteiger partial charge in [-0.25, -0.2) is 0 Å². The monoisotopic (exact) mass is 587 g/mol. The van der Waals surface area contributed by atoms with E-state index in [1.807, 2.05) is 23.1 Å². The van der Waals surface area contributed by atoms with Crippen molar-refractivity contribution in [2.75, 3.05) is 56.9 Å². The van der Waals surface area contributed by atoms with E-state index >= 15 is 0 Å². The molecule has 0 aromatic heterocycles. The number of ether oxygens (including phenoxy) is 3. The first-order valence-electron chi connectivity index (χ1n) is 15.4. The number of hydrogen-bond donors (Lipinski definition) is 1. The molecule has 1 saturated carbocycles. The summed E-state index contributed by atoms with van der Waals surface area (Å²) in [6.07, 6.45) is 3.19. The Morgan fingerprint density at radius 3 is 2.36 bits per heavy atom. The van der Waals surface area contributed by atoms with Gasteiger partial charge in [0.2, 0.25) is 5.91 Å². The van der Waals surface area contributed by atoms with Crippen LogP contribution in [0.5, 0.6) is 5.75 Å².